The molecule has 0 aliphatic heterocycles. The molecular formula is C18H17Cl2FN2O2. The van der Waals surface area contributed by atoms with E-state index in [9.17, 15) is 14.0 Å². The average Bonchev–Trinajstić information content (AvgIpc) is 2.57. The van der Waals surface area contributed by atoms with Crippen LogP contribution in [0, 0.1) is 5.82 Å². The van der Waals surface area contributed by atoms with Gasteiger partial charge in [-0.3, -0.25) is 9.59 Å². The van der Waals surface area contributed by atoms with E-state index in [1.807, 2.05) is 18.2 Å². The zero-order chi connectivity index (χ0) is 18.4. The third-order valence-electron chi connectivity index (χ3n) is 3.59. The van der Waals surface area contributed by atoms with Gasteiger partial charge in [0.25, 0.3) is 0 Å². The van der Waals surface area contributed by atoms with E-state index in [0.717, 1.165) is 5.56 Å². The first-order chi connectivity index (χ1) is 11.9. The molecular weight excluding hydrogens is 366 g/mol. The molecule has 0 saturated carbocycles. The van der Waals surface area contributed by atoms with Crippen LogP contribution in [-0.4, -0.2) is 18.4 Å². The number of nitrogens with zero attached hydrogens (tertiary/aromatic N) is 1. The highest BCUT2D eigenvalue weighted by molar-refractivity contribution is 6.31. The minimum atomic E-state index is -0.564. The van der Waals surface area contributed by atoms with Crippen molar-refractivity contribution in [3.63, 3.8) is 0 Å². The van der Waals surface area contributed by atoms with Crippen LogP contribution in [0.15, 0.2) is 42.5 Å². The molecule has 7 heteroatoms. The molecule has 25 heavy (non-hydrogen) atoms. The summed E-state index contributed by atoms with van der Waals surface area (Å²) >= 11 is 11.8. The topological polar surface area (TPSA) is 49.4 Å². The summed E-state index contributed by atoms with van der Waals surface area (Å²) in [6.45, 7) is 1.84. The van der Waals surface area contributed by atoms with Gasteiger partial charge in [0.05, 0.1) is 5.02 Å². The third kappa shape index (κ3) is 5.44. The maximum atomic E-state index is 13.3. The van der Waals surface area contributed by atoms with E-state index in [2.05, 4.69) is 5.32 Å². The lowest BCUT2D eigenvalue weighted by Crippen LogP contribution is -2.33. The number of hydrogen-bond acceptors (Lipinski definition) is 2. The molecule has 2 amide bonds. The normalized spacial score (nSPS) is 10.4. The van der Waals surface area contributed by atoms with Crippen LogP contribution in [-0.2, 0) is 16.1 Å². The summed E-state index contributed by atoms with van der Waals surface area (Å²) < 4.78 is 13.3. The summed E-state index contributed by atoms with van der Waals surface area (Å²) in [5.41, 5.74) is 1.25. The molecule has 4 nitrogen and oxygen atoms in total. The Kier molecular flexibility index (Phi) is 6.79. The number of carbonyl (C=O) groups is 2. The molecule has 2 aromatic carbocycles. The van der Waals surface area contributed by atoms with Crippen molar-refractivity contribution in [1.82, 2.24) is 5.32 Å². The van der Waals surface area contributed by atoms with Gasteiger partial charge in [-0.05, 0) is 29.8 Å². The Morgan fingerprint density at radius 3 is 2.48 bits per heavy atom. The Morgan fingerprint density at radius 1 is 1.12 bits per heavy atom. The second kappa shape index (κ2) is 8.83. The molecule has 0 heterocycles. The van der Waals surface area contributed by atoms with Crippen LogP contribution in [0.1, 0.15) is 18.9 Å². The Bertz CT molecular complexity index is 783. The smallest absolute Gasteiger partial charge is 0.223 e. The van der Waals surface area contributed by atoms with E-state index in [0.29, 0.717) is 17.3 Å². The Hall–Kier alpha value is -2.11. The highest BCUT2D eigenvalue weighted by Gasteiger charge is 2.15. The van der Waals surface area contributed by atoms with Crippen molar-refractivity contribution < 1.29 is 14.0 Å². The molecule has 2 rings (SSSR count). The van der Waals surface area contributed by atoms with Gasteiger partial charge in [-0.2, -0.15) is 0 Å². The van der Waals surface area contributed by atoms with E-state index in [1.54, 1.807) is 6.07 Å². The summed E-state index contributed by atoms with van der Waals surface area (Å²) in [4.78, 5) is 25.2. The third-order valence-corrected chi connectivity index (χ3v) is 4.25. The van der Waals surface area contributed by atoms with E-state index in [-0.39, 0.29) is 29.8 Å². The fourth-order valence-corrected chi connectivity index (χ4v) is 2.64. The van der Waals surface area contributed by atoms with Gasteiger partial charge in [0, 0.05) is 37.1 Å². The van der Waals surface area contributed by atoms with Crippen molar-refractivity contribution in [1.29, 1.82) is 0 Å². The summed E-state index contributed by atoms with van der Waals surface area (Å²) in [6, 6.07) is 11.2. The number of nitrogens with one attached hydrogen (secondary N) is 1. The Morgan fingerprint density at radius 2 is 1.84 bits per heavy atom. The Balaban J connectivity index is 1.94. The molecule has 0 spiro atoms. The fourth-order valence-electron chi connectivity index (χ4n) is 2.26. The average molecular weight is 383 g/mol. The molecule has 0 radical (unpaired) electrons. The predicted octanol–water partition coefficient (Wildman–Crippen LogP) is 4.19. The molecule has 1 N–H and O–H groups in total. The van der Waals surface area contributed by atoms with Crippen molar-refractivity contribution in [2.45, 2.75) is 19.9 Å². The molecule has 0 bridgehead atoms. The molecule has 0 atom stereocenters. The van der Waals surface area contributed by atoms with Crippen LogP contribution in [0.2, 0.25) is 10.0 Å². The van der Waals surface area contributed by atoms with Crippen molar-refractivity contribution in [3.8, 4) is 0 Å². The largest absolute Gasteiger partial charge is 0.352 e. The van der Waals surface area contributed by atoms with Crippen molar-refractivity contribution >= 4 is 40.7 Å². The van der Waals surface area contributed by atoms with Gasteiger partial charge in [-0.15, -0.1) is 0 Å². The molecule has 0 saturated heterocycles. The molecule has 0 aromatic heterocycles. The van der Waals surface area contributed by atoms with Crippen LogP contribution >= 0.6 is 23.2 Å². The van der Waals surface area contributed by atoms with Crippen LogP contribution in [0.4, 0.5) is 10.1 Å². The molecule has 0 aliphatic rings. The second-order valence-electron chi connectivity index (χ2n) is 5.39. The zero-order valence-electron chi connectivity index (χ0n) is 13.6. The first-order valence-electron chi connectivity index (χ1n) is 7.61. The molecule has 2 aromatic rings. The van der Waals surface area contributed by atoms with Gasteiger partial charge in [0.15, 0.2) is 0 Å². The lowest BCUT2D eigenvalue weighted by atomic mass is 10.2. The maximum Gasteiger partial charge on any atom is 0.223 e. The summed E-state index contributed by atoms with van der Waals surface area (Å²) in [5, 5.41) is 3.26. The summed E-state index contributed by atoms with van der Waals surface area (Å²) in [7, 11) is 0. The molecule has 0 unspecified atom stereocenters. The van der Waals surface area contributed by atoms with Crippen LogP contribution in [0.25, 0.3) is 0 Å². The monoisotopic (exact) mass is 382 g/mol. The lowest BCUT2D eigenvalue weighted by Gasteiger charge is -2.21. The number of carbonyl (C=O) groups excluding carboxylic acids is 2. The minimum absolute atomic E-state index is 0.0769. The number of halogens is 3. The number of hydrogen-bond donors (Lipinski definition) is 1. The molecule has 132 valence electrons. The van der Waals surface area contributed by atoms with Gasteiger partial charge in [-0.25, -0.2) is 4.39 Å². The number of amides is 2. The number of rotatable bonds is 6. The first kappa shape index (κ1) is 19.2. The van der Waals surface area contributed by atoms with Gasteiger partial charge >= 0.3 is 0 Å². The van der Waals surface area contributed by atoms with Crippen LogP contribution < -0.4 is 10.2 Å². The van der Waals surface area contributed by atoms with E-state index in [1.165, 1.54) is 30.0 Å². The second-order valence-corrected chi connectivity index (χ2v) is 6.20. The molecule has 0 fully saturated rings. The van der Waals surface area contributed by atoms with Crippen molar-refractivity contribution in [2.75, 3.05) is 11.4 Å². The zero-order valence-corrected chi connectivity index (χ0v) is 15.1. The van der Waals surface area contributed by atoms with E-state index < -0.39 is 5.82 Å². The summed E-state index contributed by atoms with van der Waals surface area (Å²) in [6.07, 6.45) is 0.0963. The van der Waals surface area contributed by atoms with E-state index in [4.69, 9.17) is 23.2 Å². The standard InChI is InChI=1S/C18H17Cl2FN2O2/c1-12(24)23(14-6-7-17(21)16(20)10-14)9-8-18(25)22-11-13-4-2-3-5-15(13)19/h2-7,10H,8-9,11H2,1H3,(H,22,25). The first-order valence-corrected chi connectivity index (χ1v) is 8.37. The molecule has 0 aliphatic carbocycles. The number of anilines is 1. The number of benzene rings is 2. The minimum Gasteiger partial charge on any atom is -0.352 e. The van der Waals surface area contributed by atoms with Gasteiger partial charge in [-0.1, -0.05) is 41.4 Å². The van der Waals surface area contributed by atoms with Gasteiger partial charge < -0.3 is 10.2 Å². The maximum absolute atomic E-state index is 13.3. The highest BCUT2D eigenvalue weighted by atomic mass is 35.5. The van der Waals surface area contributed by atoms with Crippen LogP contribution in [0.5, 0.6) is 0 Å². The SMILES string of the molecule is CC(=O)N(CCC(=O)NCc1ccccc1Cl)c1ccc(F)c(Cl)c1. The quantitative estimate of drug-likeness (QED) is 0.813. The van der Waals surface area contributed by atoms with Crippen molar-refractivity contribution in [3.05, 3.63) is 63.9 Å². The van der Waals surface area contributed by atoms with E-state index >= 15 is 0 Å². The predicted molar refractivity (Wildman–Crippen MR) is 97.4 cm³/mol. The fraction of sp³-hybridized carbons (Fsp3) is 0.222. The highest BCUT2D eigenvalue weighted by Crippen LogP contribution is 2.23. The van der Waals surface area contributed by atoms with Crippen LogP contribution in [0.3, 0.4) is 0 Å². The lowest BCUT2D eigenvalue weighted by molar-refractivity contribution is -0.121. The summed E-state index contributed by atoms with van der Waals surface area (Å²) in [5.74, 6) is -1.05. The Labute approximate surface area is 155 Å². The van der Waals surface area contributed by atoms with Crippen molar-refractivity contribution in [2.24, 2.45) is 0 Å². The van der Waals surface area contributed by atoms with Gasteiger partial charge in [0.2, 0.25) is 11.8 Å². The van der Waals surface area contributed by atoms with Gasteiger partial charge in [0.1, 0.15) is 5.82 Å².